The number of ether oxygens (including phenoxy) is 1. The molecular weight excluding hydrogens is 381 g/mol. The molecule has 0 aliphatic heterocycles. The molecule has 158 valence electrons. The van der Waals surface area contributed by atoms with E-state index in [-0.39, 0.29) is 19.6 Å². The van der Waals surface area contributed by atoms with Gasteiger partial charge in [0.2, 0.25) is 5.91 Å². The summed E-state index contributed by atoms with van der Waals surface area (Å²) in [6.45, 7) is 1.33. The SMILES string of the molecule is COCc1ccccc1CNC(=O)CN(CCc1ccc(C)cc1)CC(F)(F)F. The molecule has 0 spiro atoms. The molecule has 1 N–H and O–H groups in total. The predicted octanol–water partition coefficient (Wildman–Crippen LogP) is 3.86. The Morgan fingerprint density at radius 1 is 1.07 bits per heavy atom. The van der Waals surface area contributed by atoms with Crippen molar-refractivity contribution in [3.8, 4) is 0 Å². The number of rotatable bonds is 10. The van der Waals surface area contributed by atoms with Gasteiger partial charge < -0.3 is 10.1 Å². The average molecular weight is 408 g/mol. The summed E-state index contributed by atoms with van der Waals surface area (Å²) in [6.07, 6.45) is -3.92. The van der Waals surface area contributed by atoms with Gasteiger partial charge in [-0.15, -0.1) is 0 Å². The molecule has 2 rings (SSSR count). The maximum atomic E-state index is 12.9. The molecule has 2 aromatic rings. The Balaban J connectivity index is 1.93. The molecule has 0 aliphatic rings. The number of alkyl halides is 3. The third-order valence-electron chi connectivity index (χ3n) is 4.50. The maximum Gasteiger partial charge on any atom is 0.401 e. The fraction of sp³-hybridized carbons (Fsp3) is 0.409. The Kier molecular flexibility index (Phi) is 8.67. The summed E-state index contributed by atoms with van der Waals surface area (Å²) in [5.74, 6) is -0.439. The number of aryl methyl sites for hydroxylation is 1. The minimum absolute atomic E-state index is 0.149. The molecule has 0 atom stereocenters. The monoisotopic (exact) mass is 408 g/mol. The first-order chi connectivity index (χ1) is 13.8. The van der Waals surface area contributed by atoms with Gasteiger partial charge in [-0.3, -0.25) is 9.69 Å². The van der Waals surface area contributed by atoms with E-state index in [2.05, 4.69) is 5.32 Å². The quantitative estimate of drug-likeness (QED) is 0.649. The van der Waals surface area contributed by atoms with E-state index in [0.717, 1.165) is 27.2 Å². The zero-order valence-electron chi connectivity index (χ0n) is 16.8. The Morgan fingerprint density at radius 2 is 1.72 bits per heavy atom. The molecule has 4 nitrogen and oxygen atoms in total. The van der Waals surface area contributed by atoms with Crippen molar-refractivity contribution >= 4 is 5.91 Å². The van der Waals surface area contributed by atoms with Crippen molar-refractivity contribution < 1.29 is 22.7 Å². The van der Waals surface area contributed by atoms with E-state index in [1.165, 1.54) is 0 Å². The standard InChI is InChI=1S/C22H27F3N2O2/c1-17-7-9-18(10-8-17)11-12-27(16-22(23,24)25)14-21(28)26-13-19-5-3-4-6-20(19)15-29-2/h3-10H,11-16H2,1-2H3,(H,26,28). The number of carbonyl (C=O) groups excluding carboxylic acids is 1. The highest BCUT2D eigenvalue weighted by Crippen LogP contribution is 2.17. The Morgan fingerprint density at radius 3 is 2.34 bits per heavy atom. The lowest BCUT2D eigenvalue weighted by molar-refractivity contribution is -0.148. The summed E-state index contributed by atoms with van der Waals surface area (Å²) in [5, 5.41) is 2.72. The lowest BCUT2D eigenvalue weighted by Gasteiger charge is -2.23. The van der Waals surface area contributed by atoms with E-state index in [1.807, 2.05) is 55.5 Å². The zero-order valence-corrected chi connectivity index (χ0v) is 16.8. The van der Waals surface area contributed by atoms with E-state index in [9.17, 15) is 18.0 Å². The van der Waals surface area contributed by atoms with E-state index in [4.69, 9.17) is 4.74 Å². The third-order valence-corrected chi connectivity index (χ3v) is 4.50. The molecule has 2 aromatic carbocycles. The maximum absolute atomic E-state index is 12.9. The van der Waals surface area contributed by atoms with Gasteiger partial charge in [0, 0.05) is 20.2 Å². The van der Waals surface area contributed by atoms with Crippen LogP contribution < -0.4 is 5.32 Å². The number of nitrogens with one attached hydrogen (secondary N) is 1. The van der Waals surface area contributed by atoms with Gasteiger partial charge >= 0.3 is 6.18 Å². The summed E-state index contributed by atoms with van der Waals surface area (Å²) < 4.78 is 43.9. The molecule has 0 heterocycles. The van der Waals surface area contributed by atoms with Crippen LogP contribution in [0.3, 0.4) is 0 Å². The highest BCUT2D eigenvalue weighted by atomic mass is 19.4. The van der Waals surface area contributed by atoms with Crippen LogP contribution in [0.1, 0.15) is 22.3 Å². The fourth-order valence-electron chi connectivity index (χ4n) is 2.99. The van der Waals surface area contributed by atoms with Gasteiger partial charge in [0.15, 0.2) is 0 Å². The van der Waals surface area contributed by atoms with Crippen molar-refractivity contribution in [3.63, 3.8) is 0 Å². The smallest absolute Gasteiger partial charge is 0.380 e. The van der Waals surface area contributed by atoms with Crippen LogP contribution in [0, 0.1) is 6.92 Å². The first-order valence-electron chi connectivity index (χ1n) is 9.44. The number of benzene rings is 2. The van der Waals surface area contributed by atoms with Gasteiger partial charge in [-0.1, -0.05) is 54.1 Å². The highest BCUT2D eigenvalue weighted by molar-refractivity contribution is 5.78. The lowest BCUT2D eigenvalue weighted by atomic mass is 10.1. The van der Waals surface area contributed by atoms with Gasteiger partial charge in [0.05, 0.1) is 19.7 Å². The largest absolute Gasteiger partial charge is 0.401 e. The number of methoxy groups -OCH3 is 1. The van der Waals surface area contributed by atoms with Crippen LogP contribution in [0.15, 0.2) is 48.5 Å². The molecule has 0 unspecified atom stereocenters. The minimum Gasteiger partial charge on any atom is -0.380 e. The first-order valence-corrected chi connectivity index (χ1v) is 9.44. The number of halogens is 3. The zero-order chi connectivity index (χ0) is 21.3. The van der Waals surface area contributed by atoms with Crippen molar-refractivity contribution in [2.45, 2.75) is 32.7 Å². The molecule has 0 aliphatic carbocycles. The van der Waals surface area contributed by atoms with Crippen LogP contribution in [0.5, 0.6) is 0 Å². The molecule has 0 saturated carbocycles. The number of hydrogen-bond donors (Lipinski definition) is 1. The van der Waals surface area contributed by atoms with Gasteiger partial charge in [-0.2, -0.15) is 13.2 Å². The van der Waals surface area contributed by atoms with Crippen molar-refractivity contribution in [2.75, 3.05) is 26.7 Å². The molecular formula is C22H27F3N2O2. The second-order valence-electron chi connectivity index (χ2n) is 7.04. The van der Waals surface area contributed by atoms with Gasteiger partial charge in [-0.05, 0) is 30.0 Å². The summed E-state index contributed by atoms with van der Waals surface area (Å²) in [4.78, 5) is 13.4. The number of nitrogens with zero attached hydrogens (tertiary/aromatic N) is 1. The molecule has 0 fully saturated rings. The van der Waals surface area contributed by atoms with Crippen molar-refractivity contribution in [3.05, 3.63) is 70.8 Å². The summed E-state index contributed by atoms with van der Waals surface area (Å²) in [6, 6.07) is 15.1. The van der Waals surface area contributed by atoms with Crippen LogP contribution in [0.4, 0.5) is 13.2 Å². The first kappa shape index (κ1) is 22.9. The molecule has 0 saturated heterocycles. The van der Waals surface area contributed by atoms with Crippen LogP contribution >= 0.6 is 0 Å². The molecule has 1 amide bonds. The van der Waals surface area contributed by atoms with Crippen LogP contribution in [0.25, 0.3) is 0 Å². The summed E-state index contributed by atoms with van der Waals surface area (Å²) in [5.41, 5.74) is 3.84. The molecule has 0 radical (unpaired) electrons. The van der Waals surface area contributed by atoms with Gasteiger partial charge in [0.25, 0.3) is 0 Å². The number of carbonyl (C=O) groups is 1. The molecule has 0 aromatic heterocycles. The second-order valence-corrected chi connectivity index (χ2v) is 7.04. The average Bonchev–Trinajstić information content (AvgIpc) is 2.66. The van der Waals surface area contributed by atoms with E-state index in [1.54, 1.807) is 7.11 Å². The Hall–Kier alpha value is -2.38. The number of amides is 1. The second kappa shape index (κ2) is 11.0. The normalized spacial score (nSPS) is 11.7. The molecule has 29 heavy (non-hydrogen) atoms. The van der Waals surface area contributed by atoms with Crippen LogP contribution in [0.2, 0.25) is 0 Å². The third kappa shape index (κ3) is 8.66. The van der Waals surface area contributed by atoms with Crippen LogP contribution in [-0.2, 0) is 29.1 Å². The Labute approximate surface area is 169 Å². The van der Waals surface area contributed by atoms with Crippen molar-refractivity contribution in [2.24, 2.45) is 0 Å². The highest BCUT2D eigenvalue weighted by Gasteiger charge is 2.31. The predicted molar refractivity (Wildman–Crippen MR) is 106 cm³/mol. The van der Waals surface area contributed by atoms with Crippen molar-refractivity contribution in [1.29, 1.82) is 0 Å². The van der Waals surface area contributed by atoms with Gasteiger partial charge in [-0.25, -0.2) is 0 Å². The van der Waals surface area contributed by atoms with E-state index >= 15 is 0 Å². The minimum atomic E-state index is -4.36. The topological polar surface area (TPSA) is 41.6 Å². The summed E-state index contributed by atoms with van der Waals surface area (Å²) >= 11 is 0. The molecule has 0 bridgehead atoms. The van der Waals surface area contributed by atoms with E-state index in [0.29, 0.717) is 13.0 Å². The fourth-order valence-corrected chi connectivity index (χ4v) is 2.99. The van der Waals surface area contributed by atoms with Crippen LogP contribution in [-0.4, -0.2) is 43.7 Å². The molecule has 7 heteroatoms. The number of hydrogen-bond acceptors (Lipinski definition) is 3. The van der Waals surface area contributed by atoms with Gasteiger partial charge in [0.1, 0.15) is 0 Å². The van der Waals surface area contributed by atoms with Crippen molar-refractivity contribution in [1.82, 2.24) is 10.2 Å². The lowest BCUT2D eigenvalue weighted by Crippen LogP contribution is -2.42. The Bertz CT molecular complexity index is 776. The summed E-state index contributed by atoms with van der Waals surface area (Å²) in [7, 11) is 1.58. The van der Waals surface area contributed by atoms with E-state index < -0.39 is 18.6 Å².